The van der Waals surface area contributed by atoms with Gasteiger partial charge >= 0.3 is 6.15 Å². The number of imidazole rings is 3. The van der Waals surface area contributed by atoms with E-state index in [1.165, 1.54) is 17.2 Å². The van der Waals surface area contributed by atoms with Crippen LogP contribution in [0, 0.1) is 9.93 Å². The average Bonchev–Trinajstić information content (AvgIpc) is 3.72. The minimum absolute atomic E-state index is 0.189. The molecule has 43 heavy (non-hydrogen) atoms. The zero-order valence-electron chi connectivity index (χ0n) is 23.8. The first-order valence-corrected chi connectivity index (χ1v) is 11.6. The molecule has 8 N–H and O–H groups in total. The monoisotopic (exact) mass is 601 g/mol. The molecular formula is C22H31N15O6+2. The van der Waals surface area contributed by atoms with Gasteiger partial charge in [0.2, 0.25) is 23.9 Å². The summed E-state index contributed by atoms with van der Waals surface area (Å²) in [7, 11) is 8.44. The molecule has 21 nitrogen and oxygen atoms in total. The molecule has 0 spiro atoms. The van der Waals surface area contributed by atoms with Crippen molar-refractivity contribution in [3.05, 3.63) is 47.9 Å². The van der Waals surface area contributed by atoms with Crippen LogP contribution in [-0.2, 0) is 44.5 Å². The predicted molar refractivity (Wildman–Crippen MR) is 150 cm³/mol. The van der Waals surface area contributed by atoms with E-state index in [0.29, 0.717) is 34.1 Å². The van der Waals surface area contributed by atoms with Gasteiger partial charge in [-0.3, -0.25) is 0 Å². The summed E-state index contributed by atoms with van der Waals surface area (Å²) in [5.74, 6) is 1.49. The van der Waals surface area contributed by atoms with Crippen LogP contribution in [0.4, 0.5) is 17.5 Å². The normalized spacial score (nSPS) is 9.47. The van der Waals surface area contributed by atoms with Crippen LogP contribution in [0.25, 0.3) is 33.5 Å². The van der Waals surface area contributed by atoms with E-state index < -0.39 is 0 Å². The molecule has 6 rings (SSSR count). The van der Waals surface area contributed by atoms with Crippen molar-refractivity contribution in [2.75, 3.05) is 24.3 Å². The molecule has 0 bridgehead atoms. The second-order valence-electron chi connectivity index (χ2n) is 7.91. The molecule has 0 atom stereocenters. The maximum absolute atomic E-state index is 8.89. The van der Waals surface area contributed by atoms with Crippen molar-refractivity contribution < 1.29 is 28.9 Å². The number of aliphatic hydroxyl groups excluding tert-OH is 2. The molecule has 0 unspecified atom stereocenters. The van der Waals surface area contributed by atoms with Crippen molar-refractivity contribution in [1.82, 2.24) is 48.6 Å². The Labute approximate surface area is 242 Å². The molecule has 0 radical (unpaired) electrons. The summed E-state index contributed by atoms with van der Waals surface area (Å²) < 4.78 is 8.58. The molecule has 0 amide bonds. The van der Waals surface area contributed by atoms with Crippen LogP contribution in [0.2, 0.25) is 0 Å². The number of fused-ring (bicyclic) bond motifs is 3. The van der Waals surface area contributed by atoms with Crippen molar-refractivity contribution in [2.45, 2.75) is 6.73 Å². The van der Waals surface area contributed by atoms with Crippen LogP contribution in [0.3, 0.4) is 0 Å². The Balaban J connectivity index is 0.000000292. The van der Waals surface area contributed by atoms with Gasteiger partial charge in [-0.2, -0.15) is 9.59 Å². The van der Waals surface area contributed by atoms with Crippen LogP contribution in [0.5, 0.6) is 0 Å². The van der Waals surface area contributed by atoms with E-state index in [0.717, 1.165) is 23.9 Å². The highest BCUT2D eigenvalue weighted by Crippen LogP contribution is 2.13. The van der Waals surface area contributed by atoms with Gasteiger partial charge in [-0.1, -0.05) is 9.97 Å². The summed E-state index contributed by atoms with van der Waals surface area (Å²) in [4.78, 5) is 58.6. The fourth-order valence-corrected chi connectivity index (χ4v) is 3.28. The lowest BCUT2D eigenvalue weighted by Crippen LogP contribution is -2.37. The first-order chi connectivity index (χ1) is 20.6. The van der Waals surface area contributed by atoms with Crippen LogP contribution in [-0.4, -0.2) is 72.1 Å². The summed E-state index contributed by atoms with van der Waals surface area (Å²) in [5.41, 5.74) is 21.4. The van der Waals surface area contributed by atoms with E-state index >= 15 is 0 Å². The maximum atomic E-state index is 8.89. The third-order valence-corrected chi connectivity index (χ3v) is 5.34. The van der Waals surface area contributed by atoms with Crippen LogP contribution < -0.4 is 26.3 Å². The van der Waals surface area contributed by atoms with Gasteiger partial charge in [0.05, 0.1) is 26.0 Å². The van der Waals surface area contributed by atoms with Gasteiger partial charge in [-0.25, -0.2) is 34.1 Å². The molecule has 0 aromatic carbocycles. The Hall–Kier alpha value is -6.05. The van der Waals surface area contributed by atoms with Crippen molar-refractivity contribution in [3.63, 3.8) is 0 Å². The van der Waals surface area contributed by atoms with E-state index in [9.17, 15) is 0 Å². The molecule has 0 saturated heterocycles. The first-order valence-electron chi connectivity index (χ1n) is 11.6. The Morgan fingerprint density at radius 3 is 1.60 bits per heavy atom. The van der Waals surface area contributed by atoms with Crippen LogP contribution in [0.15, 0.2) is 38.0 Å². The van der Waals surface area contributed by atoms with E-state index in [1.807, 2.05) is 32.8 Å². The van der Waals surface area contributed by atoms with Crippen molar-refractivity contribution in [2.24, 2.45) is 28.2 Å². The highest BCUT2D eigenvalue weighted by molar-refractivity contribution is 5.81. The molecule has 0 saturated carbocycles. The number of carbonyl (C=O) groups excluding carboxylic acids is 2. The smallest absolute Gasteiger partial charge is 0.373 e. The first kappa shape index (κ1) is 35.0. The van der Waals surface area contributed by atoms with Gasteiger partial charge in [0, 0.05) is 38.2 Å². The minimum Gasteiger partial charge on any atom is -0.400 e. The van der Waals surface area contributed by atoms with Crippen molar-refractivity contribution in [3.8, 4) is 0 Å². The zero-order valence-corrected chi connectivity index (χ0v) is 23.8. The topological polar surface area (TPSA) is 300 Å². The summed E-state index contributed by atoms with van der Waals surface area (Å²) >= 11 is 0. The molecule has 6 aromatic rings. The Kier molecular flexibility index (Phi) is 13.8. The summed E-state index contributed by atoms with van der Waals surface area (Å²) in [6.07, 6.45) is 9.84. The number of anilines is 3. The Bertz CT molecular complexity index is 1790. The van der Waals surface area contributed by atoms with Gasteiger partial charge in [0.1, 0.15) is 11.8 Å². The molecular weight excluding hydrogens is 570 g/mol. The third kappa shape index (κ3) is 8.23. The predicted octanol–water partition coefficient (Wildman–Crippen LogP) is -2.80. The molecule has 6 heterocycles. The standard InChI is InChI=1S/C7H9N5O.C7H9N5.C6H7N5.CO2.CH4O.O2/c1-11-2-9-5-6(8)12(4-13)3-10-7(5)11;1-11-4-10-7-5(6(11)8)9-3-12(7)2;1-11-3-10-4-5(7)8-2-9-6(4)11;2-1-3;2*1-2/h2-3,8,13H,4H2,1H3;3-4,8H,1-2H3;2-3H,1H3,(H2,7,8,9);;2H,1H3;/p+2. The Morgan fingerprint density at radius 1 is 0.721 bits per heavy atom. The zero-order chi connectivity index (χ0) is 32.7. The molecule has 21 heteroatoms. The number of hydrogen-bond donors (Lipinski definition) is 5. The highest BCUT2D eigenvalue weighted by atomic mass is 16.7. The number of nitrogen functional groups attached to an aromatic ring is 3. The second-order valence-corrected chi connectivity index (χ2v) is 7.91. The lowest BCUT2D eigenvalue weighted by Gasteiger charge is -1.97. The van der Waals surface area contributed by atoms with Crippen LogP contribution >= 0.6 is 0 Å². The SMILES string of the molecule is CO.Cn1cnc2c(N)[n+](C)cnc21.Cn1cnc2c(N)[n+](CO)cnc21.Cn1cnc2c(N)ncnc21.O=C=O.O=O. The third-order valence-electron chi connectivity index (χ3n) is 5.34. The summed E-state index contributed by atoms with van der Waals surface area (Å²) in [6.45, 7) is -0.189. The van der Waals surface area contributed by atoms with Gasteiger partial charge in [0.25, 0.3) is 11.6 Å². The van der Waals surface area contributed by atoms with Crippen molar-refractivity contribution >= 4 is 57.1 Å². The second kappa shape index (κ2) is 16.9. The summed E-state index contributed by atoms with van der Waals surface area (Å²) in [5, 5.41) is 15.9. The van der Waals surface area contributed by atoms with Crippen molar-refractivity contribution in [1.29, 1.82) is 0 Å². The molecule has 6 aromatic heterocycles. The minimum atomic E-state index is -0.189. The maximum Gasteiger partial charge on any atom is 0.373 e. The number of nitrogens with zero attached hydrogens (tertiary/aromatic N) is 12. The summed E-state index contributed by atoms with van der Waals surface area (Å²) in [6, 6.07) is 0. The quantitative estimate of drug-likeness (QED) is 0.119. The number of aliphatic hydroxyl groups is 2. The highest BCUT2D eigenvalue weighted by Gasteiger charge is 2.14. The van der Waals surface area contributed by atoms with Gasteiger partial charge < -0.3 is 41.1 Å². The van der Waals surface area contributed by atoms with Gasteiger partial charge in [-0.15, -0.1) is 0 Å². The van der Waals surface area contributed by atoms with Crippen LogP contribution in [0.1, 0.15) is 0 Å². The van der Waals surface area contributed by atoms with Gasteiger partial charge in [-0.05, 0) is 0 Å². The molecule has 0 aliphatic heterocycles. The number of hydrogen-bond acceptors (Lipinski definition) is 16. The number of nitrogens with two attached hydrogens (primary N) is 3. The molecule has 0 aliphatic rings. The number of aromatic nitrogens is 12. The molecule has 0 aliphatic carbocycles. The van der Waals surface area contributed by atoms with E-state index in [2.05, 4.69) is 34.9 Å². The number of aryl methyl sites for hydroxylation is 4. The Morgan fingerprint density at radius 2 is 1.14 bits per heavy atom. The van der Waals surface area contributed by atoms with Gasteiger partial charge in [0.15, 0.2) is 29.2 Å². The molecule has 0 fully saturated rings. The van der Waals surface area contributed by atoms with E-state index in [1.54, 1.807) is 39.0 Å². The lowest BCUT2D eigenvalue weighted by molar-refractivity contribution is -0.718. The average molecular weight is 602 g/mol. The fraction of sp³-hybridized carbons (Fsp3) is 0.273. The number of rotatable bonds is 1. The largest absolute Gasteiger partial charge is 0.400 e. The molecule has 228 valence electrons. The fourth-order valence-electron chi connectivity index (χ4n) is 3.28. The van der Waals surface area contributed by atoms with E-state index in [4.69, 9.17) is 46.9 Å². The lowest BCUT2D eigenvalue weighted by atomic mass is 10.5. The van der Waals surface area contributed by atoms with E-state index in [-0.39, 0.29) is 12.9 Å².